The van der Waals surface area contributed by atoms with Crippen LogP contribution in [0.5, 0.6) is 11.5 Å². The summed E-state index contributed by atoms with van der Waals surface area (Å²) in [4.78, 5) is 26.0. The number of benzene rings is 4. The summed E-state index contributed by atoms with van der Waals surface area (Å²) >= 11 is 0. The Kier molecular flexibility index (Phi) is 7.13. The minimum atomic E-state index is -0.602. The molecule has 1 aromatic heterocycles. The van der Waals surface area contributed by atoms with E-state index in [0.717, 1.165) is 5.56 Å². The van der Waals surface area contributed by atoms with Crippen molar-refractivity contribution < 1.29 is 27.9 Å². The predicted octanol–water partition coefficient (Wildman–Crippen LogP) is 7.75. The number of hydrogen-bond donors (Lipinski definition) is 0. The van der Waals surface area contributed by atoms with E-state index in [1.807, 2.05) is 37.3 Å². The van der Waals surface area contributed by atoms with Crippen molar-refractivity contribution in [1.29, 1.82) is 0 Å². The fourth-order valence-corrected chi connectivity index (χ4v) is 4.05. The van der Waals surface area contributed by atoms with Crippen LogP contribution in [0, 0.1) is 5.82 Å². The number of allylic oxidation sites excluding steroid dienone is 1. The summed E-state index contributed by atoms with van der Waals surface area (Å²) in [6, 6.07) is 27.0. The highest BCUT2D eigenvalue weighted by atomic mass is 19.1. The van der Waals surface area contributed by atoms with Crippen molar-refractivity contribution in [3.63, 3.8) is 0 Å². The Hall–Kier alpha value is -4.97. The molecule has 0 aliphatic heterocycles. The van der Waals surface area contributed by atoms with Gasteiger partial charge in [-0.3, -0.25) is 4.79 Å². The summed E-state index contributed by atoms with van der Waals surface area (Å²) in [5.74, 6) is -0.0468. The summed E-state index contributed by atoms with van der Waals surface area (Å²) in [6.07, 6.45) is 2.73. The van der Waals surface area contributed by atoms with Crippen molar-refractivity contribution in [2.75, 3.05) is 6.61 Å². The molecule has 5 rings (SSSR count). The van der Waals surface area contributed by atoms with Gasteiger partial charge in [-0.05, 0) is 67.6 Å². The molecule has 0 aliphatic rings. The highest BCUT2D eigenvalue weighted by molar-refractivity contribution is 6.10. The normalized spacial score (nSPS) is 11.1. The number of esters is 1. The Morgan fingerprint density at radius 1 is 0.868 bits per heavy atom. The molecular weight excluding hydrogens is 483 g/mol. The van der Waals surface area contributed by atoms with Gasteiger partial charge in [0.15, 0.2) is 5.78 Å². The second-order valence-corrected chi connectivity index (χ2v) is 8.40. The van der Waals surface area contributed by atoms with Gasteiger partial charge in [0, 0.05) is 22.1 Å². The SMILES string of the molecule is CCOc1ccc2oc(-c3ccccc3)c(C(=O)Oc3ccc(C(=O)C=Cc4ccccc4F)cc3)c2c1. The molecule has 0 saturated carbocycles. The molecule has 188 valence electrons. The Balaban J connectivity index is 1.41. The number of ketones is 1. The van der Waals surface area contributed by atoms with Gasteiger partial charge >= 0.3 is 5.97 Å². The standard InChI is InChI=1S/C32H23FO5/c1-2-36-25-17-19-29-26(20-25)30(31(38-29)23-9-4-3-5-10-23)32(35)37-24-15-12-22(13-16-24)28(34)18-14-21-8-6-7-11-27(21)33/h3-20H,2H2,1H3. The van der Waals surface area contributed by atoms with Gasteiger partial charge in [-0.1, -0.05) is 48.5 Å². The molecule has 0 fully saturated rings. The quantitative estimate of drug-likeness (QED) is 0.0932. The third-order valence-electron chi connectivity index (χ3n) is 5.88. The highest BCUT2D eigenvalue weighted by Crippen LogP contribution is 2.36. The van der Waals surface area contributed by atoms with Gasteiger partial charge in [-0.15, -0.1) is 0 Å². The Labute approximate surface area is 218 Å². The van der Waals surface area contributed by atoms with Gasteiger partial charge in [0.25, 0.3) is 0 Å². The first-order valence-electron chi connectivity index (χ1n) is 12.1. The zero-order chi connectivity index (χ0) is 26.5. The van der Waals surface area contributed by atoms with E-state index in [-0.39, 0.29) is 17.1 Å². The first kappa shape index (κ1) is 24.7. The van der Waals surface area contributed by atoms with Crippen LogP contribution in [0.2, 0.25) is 0 Å². The number of rotatable bonds is 8. The molecule has 1 heterocycles. The second-order valence-electron chi connectivity index (χ2n) is 8.40. The summed E-state index contributed by atoms with van der Waals surface area (Å²) in [6.45, 7) is 2.36. The number of carbonyl (C=O) groups excluding carboxylic acids is 2. The first-order chi connectivity index (χ1) is 18.5. The van der Waals surface area contributed by atoms with E-state index in [1.54, 1.807) is 48.5 Å². The van der Waals surface area contributed by atoms with Crippen LogP contribution in [0.25, 0.3) is 28.4 Å². The molecule has 5 aromatic rings. The highest BCUT2D eigenvalue weighted by Gasteiger charge is 2.24. The minimum absolute atomic E-state index is 0.263. The van der Waals surface area contributed by atoms with Crippen molar-refractivity contribution >= 4 is 28.8 Å². The van der Waals surface area contributed by atoms with Crippen LogP contribution >= 0.6 is 0 Å². The molecule has 0 atom stereocenters. The summed E-state index contributed by atoms with van der Waals surface area (Å²) < 4.78 is 31.2. The molecule has 0 unspecified atom stereocenters. The molecule has 0 N–H and O–H groups in total. The monoisotopic (exact) mass is 506 g/mol. The molecule has 4 aromatic carbocycles. The Bertz CT molecular complexity index is 1630. The van der Waals surface area contributed by atoms with Crippen molar-refractivity contribution in [3.05, 3.63) is 126 Å². The van der Waals surface area contributed by atoms with Crippen molar-refractivity contribution in [2.24, 2.45) is 0 Å². The number of hydrogen-bond acceptors (Lipinski definition) is 5. The molecular formula is C32H23FO5. The smallest absolute Gasteiger partial charge is 0.348 e. The predicted molar refractivity (Wildman–Crippen MR) is 144 cm³/mol. The van der Waals surface area contributed by atoms with Crippen LogP contribution in [-0.2, 0) is 0 Å². The molecule has 0 radical (unpaired) electrons. The van der Waals surface area contributed by atoms with Gasteiger partial charge in [0.1, 0.15) is 34.2 Å². The zero-order valence-corrected chi connectivity index (χ0v) is 20.5. The van der Waals surface area contributed by atoms with Crippen LogP contribution in [0.3, 0.4) is 0 Å². The molecule has 5 nitrogen and oxygen atoms in total. The molecule has 6 heteroatoms. The lowest BCUT2D eigenvalue weighted by Gasteiger charge is -2.07. The maximum Gasteiger partial charge on any atom is 0.348 e. The van der Waals surface area contributed by atoms with E-state index >= 15 is 0 Å². The maximum atomic E-state index is 13.8. The average molecular weight is 507 g/mol. The summed E-state index contributed by atoms with van der Waals surface area (Å²) in [5, 5.41) is 0.574. The van der Waals surface area contributed by atoms with Crippen molar-refractivity contribution in [2.45, 2.75) is 6.92 Å². The molecule has 0 amide bonds. The average Bonchev–Trinajstić information content (AvgIpc) is 3.32. The van der Waals surface area contributed by atoms with Gasteiger partial charge in [0.2, 0.25) is 0 Å². The van der Waals surface area contributed by atoms with E-state index in [1.165, 1.54) is 30.4 Å². The van der Waals surface area contributed by atoms with E-state index in [2.05, 4.69) is 0 Å². The molecule has 0 aliphatic carbocycles. The molecule has 0 bridgehead atoms. The maximum absolute atomic E-state index is 13.8. The number of furan rings is 1. The summed E-state index contributed by atoms with van der Waals surface area (Å²) in [5.41, 5.74) is 2.23. The Morgan fingerprint density at radius 2 is 1.58 bits per heavy atom. The minimum Gasteiger partial charge on any atom is -0.494 e. The lowest BCUT2D eigenvalue weighted by molar-refractivity contribution is 0.0737. The van der Waals surface area contributed by atoms with E-state index < -0.39 is 11.8 Å². The Morgan fingerprint density at radius 3 is 2.32 bits per heavy atom. The van der Waals surface area contributed by atoms with Gasteiger partial charge < -0.3 is 13.9 Å². The van der Waals surface area contributed by atoms with E-state index in [0.29, 0.717) is 40.2 Å². The third kappa shape index (κ3) is 5.25. The zero-order valence-electron chi connectivity index (χ0n) is 20.5. The largest absolute Gasteiger partial charge is 0.494 e. The van der Waals surface area contributed by atoms with Crippen LogP contribution in [0.15, 0.2) is 108 Å². The van der Waals surface area contributed by atoms with Crippen molar-refractivity contribution in [1.82, 2.24) is 0 Å². The number of carbonyl (C=O) groups is 2. The lowest BCUT2D eigenvalue weighted by Crippen LogP contribution is -2.09. The second kappa shape index (κ2) is 11.0. The number of halogens is 1. The van der Waals surface area contributed by atoms with Gasteiger partial charge in [-0.25, -0.2) is 9.18 Å². The van der Waals surface area contributed by atoms with Crippen LogP contribution < -0.4 is 9.47 Å². The fourth-order valence-electron chi connectivity index (χ4n) is 4.05. The lowest BCUT2D eigenvalue weighted by atomic mass is 10.1. The van der Waals surface area contributed by atoms with Crippen LogP contribution in [0.1, 0.15) is 33.2 Å². The fraction of sp³-hybridized carbons (Fsp3) is 0.0625. The van der Waals surface area contributed by atoms with Crippen LogP contribution in [0.4, 0.5) is 4.39 Å². The molecule has 0 saturated heterocycles. The van der Waals surface area contributed by atoms with E-state index in [9.17, 15) is 14.0 Å². The first-order valence-corrected chi connectivity index (χ1v) is 12.1. The molecule has 38 heavy (non-hydrogen) atoms. The van der Waals surface area contributed by atoms with E-state index in [4.69, 9.17) is 13.9 Å². The topological polar surface area (TPSA) is 65.7 Å². The van der Waals surface area contributed by atoms with Crippen LogP contribution in [-0.4, -0.2) is 18.4 Å². The van der Waals surface area contributed by atoms with Gasteiger partial charge in [0.05, 0.1) is 6.61 Å². The van der Waals surface area contributed by atoms with Gasteiger partial charge in [-0.2, -0.15) is 0 Å². The number of ether oxygens (including phenoxy) is 2. The summed E-state index contributed by atoms with van der Waals surface area (Å²) in [7, 11) is 0. The number of fused-ring (bicyclic) bond motifs is 1. The molecule has 0 spiro atoms. The van der Waals surface area contributed by atoms with Crippen molar-refractivity contribution in [3.8, 4) is 22.8 Å². The third-order valence-corrected chi connectivity index (χ3v) is 5.88.